The molecule has 5 heteroatoms. The maximum Gasteiger partial charge on any atom is 0.189 e. The molecule has 50 heavy (non-hydrogen) atoms. The fourth-order valence-electron chi connectivity index (χ4n) is 7.43. The Kier molecular flexibility index (Phi) is 6.56. The predicted molar refractivity (Wildman–Crippen MR) is 202 cm³/mol. The van der Waals surface area contributed by atoms with Gasteiger partial charge in [-0.25, -0.2) is 4.85 Å². The molecule has 7 aromatic carbocycles. The van der Waals surface area contributed by atoms with E-state index in [1.54, 1.807) is 0 Å². The molecular weight excluding hydrogens is 611 g/mol. The second-order valence-electron chi connectivity index (χ2n) is 12.3. The van der Waals surface area contributed by atoms with Crippen molar-refractivity contribution in [3.63, 3.8) is 0 Å². The van der Waals surface area contributed by atoms with Gasteiger partial charge in [0.05, 0.1) is 45.8 Å². The van der Waals surface area contributed by atoms with Crippen LogP contribution in [-0.2, 0) is 0 Å². The summed E-state index contributed by atoms with van der Waals surface area (Å²) in [6.45, 7) is 7.83. The highest BCUT2D eigenvalue weighted by molar-refractivity contribution is 6.11. The Morgan fingerprint density at radius 1 is 0.480 bits per heavy atom. The molecule has 0 radical (unpaired) electrons. The highest BCUT2D eigenvalue weighted by Gasteiger charge is 2.20. The summed E-state index contributed by atoms with van der Waals surface area (Å²) < 4.78 is 4.43. The van der Waals surface area contributed by atoms with Crippen molar-refractivity contribution in [2.24, 2.45) is 0 Å². The van der Waals surface area contributed by atoms with Crippen LogP contribution in [0.25, 0.3) is 82.1 Å². The number of para-hydroxylation sites is 3. The van der Waals surface area contributed by atoms with Gasteiger partial charge in [0.25, 0.3) is 0 Å². The number of fused-ring (bicyclic) bond motifs is 6. The molecule has 0 saturated heterocycles. The van der Waals surface area contributed by atoms with E-state index in [1.807, 2.05) is 66.7 Å². The molecule has 0 amide bonds. The monoisotopic (exact) mass is 635 g/mol. The first kappa shape index (κ1) is 28.8. The number of aromatic nitrogens is 2. The van der Waals surface area contributed by atoms with Crippen molar-refractivity contribution in [2.45, 2.75) is 0 Å². The summed E-state index contributed by atoms with van der Waals surface area (Å²) in [6, 6.07) is 55.5. The normalized spacial score (nSPS) is 11.1. The minimum atomic E-state index is 0.499. The first-order valence-electron chi connectivity index (χ1n) is 16.3. The number of rotatable bonds is 4. The number of hydrogen-bond donors (Lipinski definition) is 0. The summed E-state index contributed by atoms with van der Waals surface area (Å²) in [4.78, 5) is 3.76. The molecule has 2 aromatic heterocycles. The molecule has 0 atom stereocenters. The molecule has 0 fully saturated rings. The van der Waals surface area contributed by atoms with Crippen molar-refractivity contribution in [3.8, 4) is 45.8 Å². The summed E-state index contributed by atoms with van der Waals surface area (Å²) >= 11 is 0. The number of benzene rings is 7. The van der Waals surface area contributed by atoms with E-state index >= 15 is 0 Å². The Hall–Kier alpha value is -7.39. The van der Waals surface area contributed by atoms with Crippen molar-refractivity contribution >= 4 is 49.3 Å². The Labute approximate surface area is 288 Å². The minimum Gasteiger partial charge on any atom is -0.310 e. The molecule has 0 spiro atoms. The van der Waals surface area contributed by atoms with Gasteiger partial charge in [0.15, 0.2) is 5.69 Å². The van der Waals surface area contributed by atoms with E-state index in [9.17, 15) is 10.5 Å². The van der Waals surface area contributed by atoms with Gasteiger partial charge in [0, 0.05) is 49.6 Å². The lowest BCUT2D eigenvalue weighted by Crippen LogP contribution is -1.99. The van der Waals surface area contributed by atoms with Crippen LogP contribution in [0.3, 0.4) is 0 Å². The maximum absolute atomic E-state index is 10.7. The molecule has 0 aliphatic rings. The standard InChI is InChI=1S/C45H25N5/c1-48-31-20-23-38(45(26-31)50-43-16-7-4-11-37(43)39-25-29(27-46)17-24-44(39)50)34-13-8-12-33(40(34)28-47)30-18-21-32(22-19-30)49-41-14-5-2-9-35(41)36-10-3-6-15-42(36)49/h2-26H. The van der Waals surface area contributed by atoms with Crippen LogP contribution >= 0.6 is 0 Å². The lowest BCUT2D eigenvalue weighted by atomic mass is 9.91. The first-order valence-corrected chi connectivity index (χ1v) is 16.3. The SMILES string of the molecule is [C-]#[N+]c1ccc(-c2cccc(-c3ccc(-n4c5ccccc5c5ccccc54)cc3)c2C#N)c(-n2c3ccccc3c3cc(C#N)ccc32)c1. The number of nitriles is 2. The fraction of sp³-hybridized carbons (Fsp3) is 0. The summed E-state index contributed by atoms with van der Waals surface area (Å²) in [6.07, 6.45) is 0. The average molecular weight is 636 g/mol. The van der Waals surface area contributed by atoms with Crippen LogP contribution in [0.5, 0.6) is 0 Å². The van der Waals surface area contributed by atoms with E-state index in [1.165, 1.54) is 10.8 Å². The third-order valence-corrected chi connectivity index (χ3v) is 9.64. The van der Waals surface area contributed by atoms with Gasteiger partial charge in [-0.05, 0) is 60.2 Å². The lowest BCUT2D eigenvalue weighted by Gasteiger charge is -2.17. The molecule has 9 rings (SSSR count). The van der Waals surface area contributed by atoms with Crippen molar-refractivity contribution in [1.82, 2.24) is 9.13 Å². The molecule has 230 valence electrons. The number of nitrogens with zero attached hydrogens (tertiary/aromatic N) is 5. The third kappa shape index (κ3) is 4.31. The first-order chi connectivity index (χ1) is 24.7. The van der Waals surface area contributed by atoms with Crippen LogP contribution in [0.4, 0.5) is 5.69 Å². The van der Waals surface area contributed by atoms with Crippen LogP contribution < -0.4 is 0 Å². The van der Waals surface area contributed by atoms with Crippen LogP contribution in [-0.4, -0.2) is 9.13 Å². The van der Waals surface area contributed by atoms with Gasteiger partial charge in [-0.2, -0.15) is 10.5 Å². The van der Waals surface area contributed by atoms with E-state index < -0.39 is 0 Å². The zero-order chi connectivity index (χ0) is 33.8. The molecule has 0 N–H and O–H groups in total. The van der Waals surface area contributed by atoms with Crippen LogP contribution in [0.1, 0.15) is 11.1 Å². The molecule has 2 heterocycles. The van der Waals surface area contributed by atoms with Crippen molar-refractivity contribution in [2.75, 3.05) is 0 Å². The molecule has 9 aromatic rings. The van der Waals surface area contributed by atoms with Crippen molar-refractivity contribution in [3.05, 3.63) is 174 Å². The molecule has 0 saturated carbocycles. The van der Waals surface area contributed by atoms with E-state index in [0.29, 0.717) is 16.8 Å². The largest absolute Gasteiger partial charge is 0.310 e. The second kappa shape index (κ2) is 11.4. The zero-order valence-electron chi connectivity index (χ0n) is 26.7. The van der Waals surface area contributed by atoms with Gasteiger partial charge in [0.2, 0.25) is 0 Å². The van der Waals surface area contributed by atoms with E-state index in [-0.39, 0.29) is 0 Å². The summed E-state index contributed by atoms with van der Waals surface area (Å²) in [7, 11) is 0. The Bertz CT molecular complexity index is 2900. The van der Waals surface area contributed by atoms with Gasteiger partial charge in [-0.3, -0.25) is 0 Å². The maximum atomic E-state index is 10.7. The van der Waals surface area contributed by atoms with Crippen LogP contribution in [0.15, 0.2) is 152 Å². The highest BCUT2D eigenvalue weighted by Crippen LogP contribution is 2.41. The lowest BCUT2D eigenvalue weighted by molar-refractivity contribution is 1.18. The van der Waals surface area contributed by atoms with Gasteiger partial charge >= 0.3 is 0 Å². The quantitative estimate of drug-likeness (QED) is 0.181. The number of hydrogen-bond acceptors (Lipinski definition) is 2. The molecular formula is C45H25N5. The Morgan fingerprint density at radius 2 is 1.08 bits per heavy atom. The Morgan fingerprint density at radius 3 is 1.72 bits per heavy atom. The molecule has 0 aliphatic heterocycles. The van der Waals surface area contributed by atoms with Crippen molar-refractivity contribution < 1.29 is 0 Å². The molecule has 0 bridgehead atoms. The van der Waals surface area contributed by atoms with Gasteiger partial charge < -0.3 is 9.13 Å². The van der Waals surface area contributed by atoms with Gasteiger partial charge in [-0.15, -0.1) is 0 Å². The smallest absolute Gasteiger partial charge is 0.189 e. The van der Waals surface area contributed by atoms with E-state index in [2.05, 4.69) is 111 Å². The van der Waals surface area contributed by atoms with E-state index in [4.69, 9.17) is 6.57 Å². The van der Waals surface area contributed by atoms with Crippen LogP contribution in [0.2, 0.25) is 0 Å². The van der Waals surface area contributed by atoms with Gasteiger partial charge in [-0.1, -0.05) is 97.1 Å². The highest BCUT2D eigenvalue weighted by atomic mass is 15.0. The molecule has 0 unspecified atom stereocenters. The van der Waals surface area contributed by atoms with E-state index in [0.717, 1.165) is 66.5 Å². The fourth-order valence-corrected chi connectivity index (χ4v) is 7.43. The Balaban J connectivity index is 1.22. The molecule has 0 aliphatic carbocycles. The molecule has 5 nitrogen and oxygen atoms in total. The van der Waals surface area contributed by atoms with Gasteiger partial charge in [0.1, 0.15) is 6.07 Å². The van der Waals surface area contributed by atoms with Crippen molar-refractivity contribution in [1.29, 1.82) is 10.5 Å². The minimum absolute atomic E-state index is 0.499. The topological polar surface area (TPSA) is 61.8 Å². The average Bonchev–Trinajstić information content (AvgIpc) is 3.70. The van der Waals surface area contributed by atoms with Crippen LogP contribution in [0, 0.1) is 29.2 Å². The third-order valence-electron chi connectivity index (χ3n) is 9.64. The summed E-state index contributed by atoms with van der Waals surface area (Å²) in [5.74, 6) is 0. The predicted octanol–water partition coefficient (Wildman–Crippen LogP) is 11.5. The summed E-state index contributed by atoms with van der Waals surface area (Å²) in [5, 5.41) is 24.8. The zero-order valence-corrected chi connectivity index (χ0v) is 26.7. The summed E-state index contributed by atoms with van der Waals surface area (Å²) in [5.41, 5.74) is 11.0. The second-order valence-corrected chi connectivity index (χ2v) is 12.3.